The highest BCUT2D eigenvalue weighted by molar-refractivity contribution is 7.22. The molecule has 0 radical (unpaired) electrons. The van der Waals surface area contributed by atoms with Gasteiger partial charge in [-0.2, -0.15) is 8.78 Å². The van der Waals surface area contributed by atoms with Crippen molar-refractivity contribution in [1.29, 1.82) is 0 Å². The maximum atomic E-state index is 16.1. The molecular formula is C62H66F2N8O8S2. The summed E-state index contributed by atoms with van der Waals surface area (Å²) in [6.07, 6.45) is -0.0276. The van der Waals surface area contributed by atoms with E-state index in [4.69, 9.17) is 4.74 Å². The quantitative estimate of drug-likeness (QED) is 0.0611. The number of ether oxygens (including phenoxy) is 1. The largest absolute Gasteiger partial charge is 0.490 e. The number of halogens is 2. The third-order valence-corrected chi connectivity index (χ3v) is 17.9. The van der Waals surface area contributed by atoms with Crippen molar-refractivity contribution in [2.24, 2.45) is 11.3 Å². The summed E-state index contributed by atoms with van der Waals surface area (Å²) in [5.74, 6) is -7.73. The second-order valence-electron chi connectivity index (χ2n) is 22.8. The van der Waals surface area contributed by atoms with Crippen LogP contribution in [-0.4, -0.2) is 103 Å². The molecule has 1 saturated carbocycles. The number of anilines is 2. The molecule has 428 valence electrons. The molecule has 1 saturated heterocycles. The molecule has 2 fully saturated rings. The number of carboxylic acid groups (broad SMARTS) is 1. The molecular weight excluding hydrogens is 1090 g/mol. The van der Waals surface area contributed by atoms with Crippen LogP contribution >= 0.6 is 22.7 Å². The van der Waals surface area contributed by atoms with Crippen molar-refractivity contribution in [3.05, 3.63) is 142 Å². The van der Waals surface area contributed by atoms with E-state index < -0.39 is 71.6 Å². The van der Waals surface area contributed by atoms with Gasteiger partial charge < -0.3 is 35.4 Å². The number of rotatable bonds is 16. The van der Waals surface area contributed by atoms with Gasteiger partial charge in [-0.1, -0.05) is 92.8 Å². The standard InChI is InChI=1S/C62H66F2N8O8S2/c1-34-43(44-25-26-51(68-52(44)58(77)78)71-28-27-39-11-9-13-45(46(39)32-71)55(74)70-60-67-47-14-7-8-16-50(47)82-60)12-10-15-49(34)80-42-23-17-37(18-24-42)30-62(63,64)59(79)69-54(61(4,5)6)57(76)72-31-41(73)29-48(72)56(75)66-35(2)38-19-21-40(22-20-38)53-36(3)65-33-81-53/h7-16,19-22,25-26,33,35,37,41-42,48,54,73H,17-18,23-24,27-32H2,1-6H3,(H,66,75)(H,69,79)(H,77,78)(H,67,70,74)/t35-,37?,41+,42?,48-,54+/m0/s1. The summed E-state index contributed by atoms with van der Waals surface area (Å²) in [5, 5.41) is 30.1. The molecule has 7 aromatic rings. The molecule has 0 spiro atoms. The van der Waals surface area contributed by atoms with Crippen molar-refractivity contribution in [3.63, 3.8) is 0 Å². The van der Waals surface area contributed by atoms with E-state index in [1.807, 2.05) is 86.3 Å². The van der Waals surface area contributed by atoms with E-state index in [9.17, 15) is 34.2 Å². The minimum atomic E-state index is -3.83. The zero-order valence-electron chi connectivity index (χ0n) is 46.5. The summed E-state index contributed by atoms with van der Waals surface area (Å²) in [4.78, 5) is 86.1. The zero-order valence-corrected chi connectivity index (χ0v) is 48.1. The van der Waals surface area contributed by atoms with Crippen LogP contribution in [0, 0.1) is 25.2 Å². The SMILES string of the molecule is Cc1ncsc1-c1ccc([C@H](C)NC(=O)[C@@H]2C[C@@H](O)CN2C(=O)[C@@H](NC(=O)C(F)(F)CC2CCC(Oc3cccc(-c4ccc(N5CCc6cccc(C(=O)Nc7nc8ccccc8s7)c6C5)nc4C(=O)O)c3C)CC2)C(C)(C)C)cc1. The molecule has 3 aromatic heterocycles. The van der Waals surface area contributed by atoms with Crippen LogP contribution in [0.5, 0.6) is 5.75 Å². The Morgan fingerprint density at radius 2 is 1.61 bits per heavy atom. The Morgan fingerprint density at radius 3 is 2.32 bits per heavy atom. The van der Waals surface area contributed by atoms with Gasteiger partial charge in [0.15, 0.2) is 10.8 Å². The lowest BCUT2D eigenvalue weighted by Gasteiger charge is -2.36. The maximum Gasteiger partial charge on any atom is 0.355 e. The number of carbonyl (C=O) groups excluding carboxylic acids is 4. The first kappa shape index (κ1) is 57.6. The van der Waals surface area contributed by atoms with Crippen LogP contribution in [0.25, 0.3) is 31.8 Å². The van der Waals surface area contributed by atoms with Gasteiger partial charge in [0.1, 0.15) is 23.7 Å². The van der Waals surface area contributed by atoms with Gasteiger partial charge in [0.2, 0.25) is 11.8 Å². The zero-order chi connectivity index (χ0) is 58.2. The van der Waals surface area contributed by atoms with E-state index in [0.717, 1.165) is 43.0 Å². The number of aromatic nitrogens is 3. The van der Waals surface area contributed by atoms with Gasteiger partial charge >= 0.3 is 11.9 Å². The number of carboxylic acids is 1. The van der Waals surface area contributed by atoms with Crippen LogP contribution in [-0.2, 0) is 27.3 Å². The lowest BCUT2D eigenvalue weighted by molar-refractivity contribution is -0.154. The second kappa shape index (κ2) is 23.7. The van der Waals surface area contributed by atoms with Crippen molar-refractivity contribution in [2.75, 3.05) is 23.3 Å². The number of hydrogen-bond acceptors (Lipinski definition) is 13. The van der Waals surface area contributed by atoms with Crippen LogP contribution < -0.4 is 25.6 Å². The number of fused-ring (bicyclic) bond motifs is 2. The first-order valence-corrected chi connectivity index (χ1v) is 29.3. The molecule has 82 heavy (non-hydrogen) atoms. The molecule has 4 atom stereocenters. The molecule has 5 N–H and O–H groups in total. The number of aliphatic hydroxyl groups is 1. The highest BCUT2D eigenvalue weighted by Gasteiger charge is 2.49. The Hall–Kier alpha value is -7.68. The van der Waals surface area contributed by atoms with Crippen molar-refractivity contribution < 1.29 is 47.7 Å². The molecule has 2 aliphatic heterocycles. The van der Waals surface area contributed by atoms with Crippen molar-refractivity contribution in [1.82, 2.24) is 30.5 Å². The molecule has 16 nitrogen and oxygen atoms in total. The molecule has 1 aliphatic carbocycles. The fourth-order valence-electron chi connectivity index (χ4n) is 11.5. The fraction of sp³-hybridized carbons (Fsp3) is 0.387. The lowest BCUT2D eigenvalue weighted by Crippen LogP contribution is -2.60. The molecule has 10 rings (SSSR count). The van der Waals surface area contributed by atoms with Crippen molar-refractivity contribution >= 4 is 73.4 Å². The summed E-state index contributed by atoms with van der Waals surface area (Å²) >= 11 is 2.93. The van der Waals surface area contributed by atoms with E-state index in [0.29, 0.717) is 84.1 Å². The van der Waals surface area contributed by atoms with Crippen LogP contribution in [0.3, 0.4) is 0 Å². The van der Waals surface area contributed by atoms with Gasteiger partial charge in [0, 0.05) is 43.6 Å². The highest BCUT2D eigenvalue weighted by Crippen LogP contribution is 2.40. The molecule has 3 aliphatic rings. The third kappa shape index (κ3) is 12.4. The van der Waals surface area contributed by atoms with E-state index in [-0.39, 0.29) is 30.7 Å². The number of para-hydroxylation sites is 1. The Kier molecular flexibility index (Phi) is 16.6. The van der Waals surface area contributed by atoms with Gasteiger partial charge in [0.05, 0.1) is 44.5 Å². The number of pyridine rings is 1. The van der Waals surface area contributed by atoms with Gasteiger partial charge in [0.25, 0.3) is 11.8 Å². The Bertz CT molecular complexity index is 3520. The van der Waals surface area contributed by atoms with Crippen LogP contribution in [0.1, 0.15) is 121 Å². The van der Waals surface area contributed by atoms with Gasteiger partial charge in [-0.3, -0.25) is 24.5 Å². The minimum Gasteiger partial charge on any atom is -0.490 e. The first-order valence-electron chi connectivity index (χ1n) is 27.6. The van der Waals surface area contributed by atoms with E-state index in [1.54, 1.807) is 62.7 Å². The number of nitrogens with one attached hydrogen (secondary N) is 3. The van der Waals surface area contributed by atoms with Crippen molar-refractivity contribution in [3.8, 4) is 27.3 Å². The number of aliphatic hydroxyl groups excluding tert-OH is 1. The average Bonchev–Trinajstić information content (AvgIpc) is 4.32. The van der Waals surface area contributed by atoms with E-state index >= 15 is 8.78 Å². The summed E-state index contributed by atoms with van der Waals surface area (Å²) in [6.45, 7) is 11.2. The number of alkyl halides is 2. The number of nitrogens with zero attached hydrogens (tertiary/aromatic N) is 5. The molecule has 4 aromatic carbocycles. The Labute approximate surface area is 482 Å². The van der Waals surface area contributed by atoms with Crippen molar-refractivity contribution in [2.45, 2.75) is 129 Å². The fourth-order valence-corrected chi connectivity index (χ4v) is 13.1. The van der Waals surface area contributed by atoms with E-state index in [1.165, 1.54) is 27.6 Å². The number of β-amino-alcohol motifs (C(OH)–C–C–N with tert-alkyl or cyclic N) is 1. The van der Waals surface area contributed by atoms with Crippen LogP contribution in [0.2, 0.25) is 0 Å². The Balaban J connectivity index is 0.744. The lowest BCUT2D eigenvalue weighted by atomic mass is 9.82. The number of hydrogen-bond donors (Lipinski definition) is 5. The molecule has 20 heteroatoms. The topological polar surface area (TPSA) is 216 Å². The number of benzene rings is 4. The normalized spacial score (nSPS) is 19.0. The highest BCUT2D eigenvalue weighted by atomic mass is 32.1. The number of amides is 4. The Morgan fingerprint density at radius 1 is 0.866 bits per heavy atom. The smallest absolute Gasteiger partial charge is 0.355 e. The maximum absolute atomic E-state index is 16.1. The van der Waals surface area contributed by atoms with Crippen LogP contribution in [0.4, 0.5) is 19.7 Å². The number of carbonyl (C=O) groups is 5. The number of likely N-dealkylation sites (tertiary alicyclic amines) is 1. The predicted octanol–water partition coefficient (Wildman–Crippen LogP) is 10.9. The van der Waals surface area contributed by atoms with Crippen LogP contribution in [0.15, 0.2) is 103 Å². The summed E-state index contributed by atoms with van der Waals surface area (Å²) in [7, 11) is 0. The summed E-state index contributed by atoms with van der Waals surface area (Å²) in [6, 6.07) is 26.9. The average molecular weight is 1150 g/mol. The third-order valence-electron chi connectivity index (χ3n) is 16.0. The molecule has 0 unspecified atom stereocenters. The van der Waals surface area contributed by atoms with Gasteiger partial charge in [-0.25, -0.2) is 19.7 Å². The first-order chi connectivity index (χ1) is 39.1. The van der Waals surface area contributed by atoms with E-state index in [2.05, 4.69) is 30.9 Å². The second-order valence-corrected chi connectivity index (χ2v) is 24.7. The number of aromatic carboxylic acids is 1. The van der Waals surface area contributed by atoms with Gasteiger partial charge in [-0.15, -0.1) is 11.3 Å². The minimum absolute atomic E-state index is 0.0565. The molecule has 0 bridgehead atoms. The van der Waals surface area contributed by atoms with Gasteiger partial charge in [-0.05, 0) is 134 Å². The number of aryl methyl sites for hydroxylation is 1. The molecule has 5 heterocycles. The molecule has 4 amide bonds. The summed E-state index contributed by atoms with van der Waals surface area (Å²) in [5.41, 5.74) is 8.14. The predicted molar refractivity (Wildman–Crippen MR) is 312 cm³/mol. The number of thiazole rings is 2. The summed E-state index contributed by atoms with van der Waals surface area (Å²) < 4.78 is 39.6. The monoisotopic (exact) mass is 1150 g/mol.